The second-order valence-electron chi connectivity index (χ2n) is 7.23. The summed E-state index contributed by atoms with van der Waals surface area (Å²) in [6, 6.07) is 23.8. The Bertz CT molecular complexity index is 1040. The molecule has 0 saturated heterocycles. The smallest absolute Gasteiger partial charge is 0.248 e. The maximum Gasteiger partial charge on any atom is 0.248 e. The highest BCUT2D eigenvalue weighted by Gasteiger charge is 2.03. The fraction of sp³-hybridized carbons (Fsp3) is 0.192. The molecular weight excluding hydrogens is 384 g/mol. The molecule has 0 aliphatic rings. The van der Waals surface area contributed by atoms with Crippen molar-refractivity contribution in [2.45, 2.75) is 20.4 Å². The zero-order valence-electron chi connectivity index (χ0n) is 18.1. The van der Waals surface area contributed by atoms with Crippen molar-refractivity contribution in [3.05, 3.63) is 90.0 Å². The van der Waals surface area contributed by atoms with E-state index in [0.29, 0.717) is 17.9 Å². The largest absolute Gasteiger partial charge is 0.397 e. The van der Waals surface area contributed by atoms with Crippen molar-refractivity contribution in [2.75, 3.05) is 34.4 Å². The number of nitrogens with one attached hydrogen (secondary N) is 2. The number of nitrogens with zero attached hydrogens (tertiary/aromatic N) is 1. The van der Waals surface area contributed by atoms with Crippen molar-refractivity contribution in [3.63, 3.8) is 0 Å². The lowest BCUT2D eigenvalue weighted by molar-refractivity contribution is -0.111. The van der Waals surface area contributed by atoms with Crippen molar-refractivity contribution in [2.24, 2.45) is 0 Å². The van der Waals surface area contributed by atoms with Crippen LogP contribution in [0.1, 0.15) is 25.0 Å². The lowest BCUT2D eigenvalue weighted by atomic mass is 10.1. The predicted molar refractivity (Wildman–Crippen MR) is 132 cm³/mol. The van der Waals surface area contributed by atoms with Crippen LogP contribution in [0.15, 0.2) is 78.9 Å². The molecule has 0 saturated carbocycles. The molecule has 5 heteroatoms. The Kier molecular flexibility index (Phi) is 7.71. The molecule has 3 aromatic carbocycles. The van der Waals surface area contributed by atoms with Gasteiger partial charge in [0.05, 0.1) is 11.4 Å². The Hall–Kier alpha value is -3.73. The molecule has 0 spiro atoms. The van der Waals surface area contributed by atoms with Crippen molar-refractivity contribution in [1.82, 2.24) is 0 Å². The van der Waals surface area contributed by atoms with Crippen LogP contribution in [-0.2, 0) is 11.3 Å². The first-order valence-electron chi connectivity index (χ1n) is 10.6. The third-order valence-electron chi connectivity index (χ3n) is 5.07. The number of para-hydroxylation sites is 2. The average molecular weight is 415 g/mol. The molecule has 5 nitrogen and oxygen atoms in total. The maximum absolute atomic E-state index is 12.2. The van der Waals surface area contributed by atoms with Gasteiger partial charge in [0, 0.05) is 37.1 Å². The van der Waals surface area contributed by atoms with E-state index < -0.39 is 0 Å². The van der Waals surface area contributed by atoms with E-state index in [1.54, 1.807) is 18.2 Å². The van der Waals surface area contributed by atoms with E-state index in [-0.39, 0.29) is 5.91 Å². The van der Waals surface area contributed by atoms with Gasteiger partial charge >= 0.3 is 0 Å². The molecular formula is C26H30N4O. The number of hydrogen-bond donors (Lipinski definition) is 3. The monoisotopic (exact) mass is 414 g/mol. The SMILES string of the molecule is CCN(CC)c1cccc(NCc2cccc(/C=C/C(=O)Nc3ccccc3N)c2)c1. The molecule has 3 rings (SSSR count). The highest BCUT2D eigenvalue weighted by Crippen LogP contribution is 2.20. The van der Waals surface area contributed by atoms with Gasteiger partial charge in [0.1, 0.15) is 0 Å². The first kappa shape index (κ1) is 22.0. The van der Waals surface area contributed by atoms with Gasteiger partial charge in [-0.1, -0.05) is 36.4 Å². The minimum Gasteiger partial charge on any atom is -0.397 e. The topological polar surface area (TPSA) is 70.4 Å². The van der Waals surface area contributed by atoms with Crippen molar-refractivity contribution in [1.29, 1.82) is 0 Å². The summed E-state index contributed by atoms with van der Waals surface area (Å²) in [6.07, 6.45) is 3.32. The van der Waals surface area contributed by atoms with E-state index in [9.17, 15) is 4.79 Å². The number of nitrogen functional groups attached to an aromatic ring is 1. The molecule has 160 valence electrons. The Morgan fingerprint density at radius 1 is 0.968 bits per heavy atom. The van der Waals surface area contributed by atoms with Crippen molar-refractivity contribution in [3.8, 4) is 0 Å². The van der Waals surface area contributed by atoms with Gasteiger partial charge in [-0.3, -0.25) is 4.79 Å². The molecule has 0 radical (unpaired) electrons. The van der Waals surface area contributed by atoms with E-state index in [1.165, 1.54) is 11.8 Å². The molecule has 0 aliphatic carbocycles. The van der Waals surface area contributed by atoms with E-state index >= 15 is 0 Å². The maximum atomic E-state index is 12.2. The van der Waals surface area contributed by atoms with Crippen molar-refractivity contribution >= 4 is 34.7 Å². The summed E-state index contributed by atoms with van der Waals surface area (Å²) in [5.74, 6) is -0.213. The molecule has 31 heavy (non-hydrogen) atoms. The van der Waals surface area contributed by atoms with Crippen LogP contribution >= 0.6 is 0 Å². The number of benzene rings is 3. The third-order valence-corrected chi connectivity index (χ3v) is 5.07. The fourth-order valence-electron chi connectivity index (χ4n) is 3.37. The molecule has 0 atom stereocenters. The lowest BCUT2D eigenvalue weighted by Gasteiger charge is -2.21. The summed E-state index contributed by atoms with van der Waals surface area (Å²) in [6.45, 7) is 7.00. The second kappa shape index (κ2) is 10.9. The van der Waals surface area contributed by atoms with Crippen LogP contribution in [0, 0.1) is 0 Å². The summed E-state index contributed by atoms with van der Waals surface area (Å²) in [5, 5.41) is 6.29. The van der Waals surface area contributed by atoms with Gasteiger partial charge in [0.2, 0.25) is 5.91 Å². The minimum absolute atomic E-state index is 0.213. The number of hydrogen-bond acceptors (Lipinski definition) is 4. The van der Waals surface area contributed by atoms with Crippen LogP contribution in [-0.4, -0.2) is 19.0 Å². The van der Waals surface area contributed by atoms with Gasteiger partial charge in [0.15, 0.2) is 0 Å². The summed E-state index contributed by atoms with van der Waals surface area (Å²) in [7, 11) is 0. The number of amides is 1. The number of anilines is 4. The standard InChI is InChI=1S/C26H30N4O/c1-3-30(4-2)23-12-8-11-22(18-23)28-19-21-10-7-9-20(17-21)15-16-26(31)29-25-14-6-5-13-24(25)27/h5-18,28H,3-4,19,27H2,1-2H3,(H,29,31)/b16-15+. The van der Waals surface area contributed by atoms with Gasteiger partial charge in [-0.05, 0) is 67.4 Å². The number of nitrogens with two attached hydrogens (primary N) is 1. The zero-order chi connectivity index (χ0) is 22.1. The summed E-state index contributed by atoms with van der Waals surface area (Å²) >= 11 is 0. The molecule has 0 fully saturated rings. The Morgan fingerprint density at radius 3 is 2.52 bits per heavy atom. The predicted octanol–water partition coefficient (Wildman–Crippen LogP) is 5.38. The van der Waals surface area contributed by atoms with Crippen LogP contribution in [0.25, 0.3) is 6.08 Å². The van der Waals surface area contributed by atoms with Crippen LogP contribution in [0.4, 0.5) is 22.7 Å². The Morgan fingerprint density at radius 2 is 1.74 bits per heavy atom. The molecule has 0 aliphatic heterocycles. The van der Waals surface area contributed by atoms with Crippen molar-refractivity contribution < 1.29 is 4.79 Å². The summed E-state index contributed by atoms with van der Waals surface area (Å²) in [5.41, 5.74) is 11.4. The Labute approximate surface area is 184 Å². The van der Waals surface area contributed by atoms with E-state index in [2.05, 4.69) is 65.8 Å². The molecule has 0 unspecified atom stereocenters. The fourth-order valence-corrected chi connectivity index (χ4v) is 3.37. The van der Waals surface area contributed by atoms with Crippen LogP contribution in [0.5, 0.6) is 0 Å². The molecule has 4 N–H and O–H groups in total. The lowest BCUT2D eigenvalue weighted by Crippen LogP contribution is -2.21. The first-order valence-corrected chi connectivity index (χ1v) is 10.6. The van der Waals surface area contributed by atoms with Gasteiger partial charge in [0.25, 0.3) is 0 Å². The van der Waals surface area contributed by atoms with E-state index in [1.807, 2.05) is 24.3 Å². The average Bonchev–Trinajstić information content (AvgIpc) is 2.79. The molecule has 0 heterocycles. The molecule has 0 bridgehead atoms. The highest BCUT2D eigenvalue weighted by molar-refractivity contribution is 6.03. The number of carbonyl (C=O) groups excluding carboxylic acids is 1. The second-order valence-corrected chi connectivity index (χ2v) is 7.23. The summed E-state index contributed by atoms with van der Waals surface area (Å²) < 4.78 is 0. The quantitative estimate of drug-likeness (QED) is 0.325. The van der Waals surface area contributed by atoms with Crippen LogP contribution < -0.4 is 21.3 Å². The van der Waals surface area contributed by atoms with Gasteiger partial charge in [-0.2, -0.15) is 0 Å². The molecule has 0 aromatic heterocycles. The highest BCUT2D eigenvalue weighted by atomic mass is 16.1. The third kappa shape index (κ3) is 6.37. The number of rotatable bonds is 9. The van der Waals surface area contributed by atoms with Gasteiger partial charge in [-0.15, -0.1) is 0 Å². The minimum atomic E-state index is -0.213. The zero-order valence-corrected chi connectivity index (χ0v) is 18.1. The van der Waals surface area contributed by atoms with E-state index in [0.717, 1.165) is 29.9 Å². The van der Waals surface area contributed by atoms with Gasteiger partial charge < -0.3 is 21.3 Å². The Balaban J connectivity index is 1.60. The van der Waals surface area contributed by atoms with Crippen LogP contribution in [0.3, 0.4) is 0 Å². The first-order chi connectivity index (χ1) is 15.1. The summed E-state index contributed by atoms with van der Waals surface area (Å²) in [4.78, 5) is 14.5. The normalized spacial score (nSPS) is 10.8. The number of carbonyl (C=O) groups is 1. The van der Waals surface area contributed by atoms with E-state index in [4.69, 9.17) is 5.73 Å². The molecule has 1 amide bonds. The van der Waals surface area contributed by atoms with Crippen LogP contribution in [0.2, 0.25) is 0 Å². The molecule has 3 aromatic rings. The van der Waals surface area contributed by atoms with Gasteiger partial charge in [-0.25, -0.2) is 0 Å².